The largest absolute Gasteiger partial charge is 0.489 e. The van der Waals surface area contributed by atoms with Crippen LogP contribution in [0.5, 0.6) is 5.75 Å². The molecule has 2 N–H and O–H groups in total. The molecule has 76 valence electrons. The molecule has 1 aliphatic carbocycles. The molecule has 1 aliphatic rings. The molecule has 14 heavy (non-hydrogen) atoms. The Morgan fingerprint density at radius 2 is 2.14 bits per heavy atom. The lowest BCUT2D eigenvalue weighted by atomic mass is 9.96. The first kappa shape index (κ1) is 9.84. The Labute approximate surface area is 92.6 Å². The van der Waals surface area contributed by atoms with Gasteiger partial charge < -0.3 is 10.5 Å². The Morgan fingerprint density at radius 1 is 1.43 bits per heavy atom. The average molecular weight is 256 g/mol. The molecule has 0 aromatic heterocycles. The molecule has 0 radical (unpaired) electrons. The quantitative estimate of drug-likeness (QED) is 0.824. The van der Waals surface area contributed by atoms with Crippen LogP contribution < -0.4 is 10.5 Å². The summed E-state index contributed by atoms with van der Waals surface area (Å²) in [5, 5.41) is 0. The summed E-state index contributed by atoms with van der Waals surface area (Å²) in [7, 11) is 0. The molecule has 2 nitrogen and oxygen atoms in total. The van der Waals surface area contributed by atoms with Crippen LogP contribution in [0.3, 0.4) is 0 Å². The molecule has 0 bridgehead atoms. The molecule has 0 amide bonds. The van der Waals surface area contributed by atoms with Gasteiger partial charge in [-0.15, -0.1) is 0 Å². The summed E-state index contributed by atoms with van der Waals surface area (Å²) in [6.07, 6.45) is 4.05. The van der Waals surface area contributed by atoms with E-state index in [9.17, 15) is 0 Å². The minimum absolute atomic E-state index is 0.411. The Balaban J connectivity index is 2.19. The van der Waals surface area contributed by atoms with Crippen molar-refractivity contribution in [3.63, 3.8) is 0 Å². The maximum Gasteiger partial charge on any atom is 0.134 e. The van der Waals surface area contributed by atoms with Crippen molar-refractivity contribution in [2.75, 3.05) is 5.73 Å². The van der Waals surface area contributed by atoms with Crippen LogP contribution in [0.25, 0.3) is 0 Å². The number of nitrogen functional groups attached to an aromatic ring is 1. The molecule has 1 saturated carbocycles. The number of nitrogens with two attached hydrogens (primary N) is 1. The van der Waals surface area contributed by atoms with Gasteiger partial charge in [0.2, 0.25) is 0 Å². The summed E-state index contributed by atoms with van der Waals surface area (Å²) in [6.45, 7) is 2.00. The van der Waals surface area contributed by atoms with Crippen LogP contribution in [-0.4, -0.2) is 6.10 Å². The zero-order chi connectivity index (χ0) is 10.1. The monoisotopic (exact) mass is 255 g/mol. The van der Waals surface area contributed by atoms with Crippen molar-refractivity contribution in [1.29, 1.82) is 0 Å². The van der Waals surface area contributed by atoms with E-state index in [0.29, 0.717) is 6.10 Å². The lowest BCUT2D eigenvalue weighted by Crippen LogP contribution is -2.24. The lowest BCUT2D eigenvalue weighted by molar-refractivity contribution is 0.119. The van der Waals surface area contributed by atoms with E-state index in [4.69, 9.17) is 10.5 Å². The number of ether oxygens (including phenoxy) is 1. The number of benzene rings is 1. The fourth-order valence-electron chi connectivity index (χ4n) is 1.43. The second-order valence-electron chi connectivity index (χ2n) is 3.81. The minimum Gasteiger partial charge on any atom is -0.489 e. The van der Waals surface area contributed by atoms with Gasteiger partial charge in [-0.25, -0.2) is 0 Å². The summed E-state index contributed by atoms with van der Waals surface area (Å²) in [4.78, 5) is 0. The first-order valence-corrected chi connectivity index (χ1v) is 5.68. The number of aryl methyl sites for hydroxylation is 1. The smallest absolute Gasteiger partial charge is 0.134 e. The van der Waals surface area contributed by atoms with Gasteiger partial charge >= 0.3 is 0 Å². The zero-order valence-electron chi connectivity index (χ0n) is 8.22. The van der Waals surface area contributed by atoms with E-state index in [1.165, 1.54) is 19.3 Å². The number of hydrogen-bond donors (Lipinski definition) is 1. The second-order valence-corrected chi connectivity index (χ2v) is 4.66. The topological polar surface area (TPSA) is 35.2 Å². The molecule has 0 heterocycles. The molecule has 0 aliphatic heterocycles. The average Bonchev–Trinajstić information content (AvgIpc) is 2.06. The van der Waals surface area contributed by atoms with Crippen molar-refractivity contribution in [2.24, 2.45) is 0 Å². The van der Waals surface area contributed by atoms with Crippen molar-refractivity contribution in [1.82, 2.24) is 0 Å². The van der Waals surface area contributed by atoms with Crippen LogP contribution in [0, 0.1) is 6.92 Å². The van der Waals surface area contributed by atoms with E-state index in [1.54, 1.807) is 0 Å². The number of halogens is 1. The van der Waals surface area contributed by atoms with Gasteiger partial charge in [0, 0.05) is 5.69 Å². The summed E-state index contributed by atoms with van der Waals surface area (Å²) < 4.78 is 6.77. The van der Waals surface area contributed by atoms with Crippen molar-refractivity contribution >= 4 is 21.6 Å². The summed E-state index contributed by atoms with van der Waals surface area (Å²) in [5.74, 6) is 0.918. The van der Waals surface area contributed by atoms with E-state index in [1.807, 2.05) is 19.1 Å². The summed E-state index contributed by atoms with van der Waals surface area (Å²) in [6, 6.07) is 3.90. The third-order valence-electron chi connectivity index (χ3n) is 2.67. The molecule has 1 fully saturated rings. The molecule has 0 unspecified atom stereocenters. The standard InChI is InChI=1S/C11H14BrNO/c1-7-5-11(9(12)6-10(7)13)14-8-3-2-4-8/h5-6,8H,2-4,13H2,1H3. The van der Waals surface area contributed by atoms with E-state index in [-0.39, 0.29) is 0 Å². The van der Waals surface area contributed by atoms with Gasteiger partial charge in [-0.05, 0) is 59.8 Å². The van der Waals surface area contributed by atoms with Gasteiger partial charge in [0.15, 0.2) is 0 Å². The third kappa shape index (κ3) is 1.87. The minimum atomic E-state index is 0.411. The van der Waals surface area contributed by atoms with Gasteiger partial charge in [-0.3, -0.25) is 0 Å². The molecular formula is C11H14BrNO. The number of hydrogen-bond acceptors (Lipinski definition) is 2. The van der Waals surface area contributed by atoms with Gasteiger partial charge in [-0.1, -0.05) is 0 Å². The SMILES string of the molecule is Cc1cc(OC2CCC2)c(Br)cc1N. The lowest BCUT2D eigenvalue weighted by Gasteiger charge is -2.27. The molecule has 1 aromatic rings. The molecule has 1 aromatic carbocycles. The van der Waals surface area contributed by atoms with E-state index in [2.05, 4.69) is 15.9 Å². The van der Waals surface area contributed by atoms with Crippen LogP contribution in [0.1, 0.15) is 24.8 Å². The molecular weight excluding hydrogens is 242 g/mol. The molecule has 0 spiro atoms. The van der Waals surface area contributed by atoms with Crippen molar-refractivity contribution in [3.8, 4) is 5.75 Å². The predicted molar refractivity (Wildman–Crippen MR) is 61.6 cm³/mol. The molecule has 0 saturated heterocycles. The van der Waals surface area contributed by atoms with Crippen LogP contribution in [0.2, 0.25) is 0 Å². The summed E-state index contributed by atoms with van der Waals surface area (Å²) >= 11 is 3.46. The highest BCUT2D eigenvalue weighted by molar-refractivity contribution is 9.10. The first-order chi connectivity index (χ1) is 6.66. The van der Waals surface area contributed by atoms with Crippen LogP contribution in [-0.2, 0) is 0 Å². The predicted octanol–water partition coefficient (Wildman–Crippen LogP) is 3.27. The Bertz CT molecular complexity index is 347. The Morgan fingerprint density at radius 3 is 2.71 bits per heavy atom. The highest BCUT2D eigenvalue weighted by Gasteiger charge is 2.20. The van der Waals surface area contributed by atoms with Gasteiger partial charge in [0.1, 0.15) is 5.75 Å². The van der Waals surface area contributed by atoms with Crippen molar-refractivity contribution in [2.45, 2.75) is 32.3 Å². The van der Waals surface area contributed by atoms with Gasteiger partial charge in [0.05, 0.1) is 10.6 Å². The van der Waals surface area contributed by atoms with E-state index < -0.39 is 0 Å². The zero-order valence-corrected chi connectivity index (χ0v) is 9.80. The fraction of sp³-hybridized carbons (Fsp3) is 0.455. The normalized spacial score (nSPS) is 16.4. The van der Waals surface area contributed by atoms with E-state index in [0.717, 1.165) is 21.5 Å². The Kier molecular flexibility index (Phi) is 2.68. The molecule has 2 rings (SSSR count). The first-order valence-electron chi connectivity index (χ1n) is 4.89. The van der Waals surface area contributed by atoms with E-state index >= 15 is 0 Å². The molecule has 0 atom stereocenters. The highest BCUT2D eigenvalue weighted by atomic mass is 79.9. The number of rotatable bonds is 2. The van der Waals surface area contributed by atoms with Crippen molar-refractivity contribution < 1.29 is 4.74 Å². The van der Waals surface area contributed by atoms with Gasteiger partial charge in [-0.2, -0.15) is 0 Å². The van der Waals surface area contributed by atoms with Crippen LogP contribution in [0.4, 0.5) is 5.69 Å². The van der Waals surface area contributed by atoms with Gasteiger partial charge in [0.25, 0.3) is 0 Å². The summed E-state index contributed by atoms with van der Waals surface area (Å²) in [5.41, 5.74) is 7.66. The maximum atomic E-state index is 5.81. The molecule has 3 heteroatoms. The second kappa shape index (κ2) is 3.81. The highest BCUT2D eigenvalue weighted by Crippen LogP contribution is 2.33. The van der Waals surface area contributed by atoms with Crippen LogP contribution >= 0.6 is 15.9 Å². The third-order valence-corrected chi connectivity index (χ3v) is 3.29. The fourth-order valence-corrected chi connectivity index (χ4v) is 1.88. The van der Waals surface area contributed by atoms with Crippen molar-refractivity contribution in [3.05, 3.63) is 22.2 Å². The Hall–Kier alpha value is -0.700. The maximum absolute atomic E-state index is 5.81. The number of anilines is 1. The van der Waals surface area contributed by atoms with Crippen LogP contribution in [0.15, 0.2) is 16.6 Å².